The minimum atomic E-state index is -3.91. The highest BCUT2D eigenvalue weighted by Crippen LogP contribution is 2.22. The van der Waals surface area contributed by atoms with Gasteiger partial charge >= 0.3 is 17.9 Å². The zero-order valence-corrected chi connectivity index (χ0v) is 23.6. The molecule has 40 heavy (non-hydrogen) atoms. The second kappa shape index (κ2) is 16.6. The molecule has 1 heterocycles. The Morgan fingerprint density at radius 1 is 0.900 bits per heavy atom. The molecule has 15 heteroatoms. The van der Waals surface area contributed by atoms with Crippen molar-refractivity contribution in [3.63, 3.8) is 0 Å². The maximum absolute atomic E-state index is 13.3. The van der Waals surface area contributed by atoms with Gasteiger partial charge in [-0.1, -0.05) is 30.3 Å². The lowest BCUT2D eigenvalue weighted by Crippen LogP contribution is -2.63. The number of rotatable bonds is 13. The lowest BCUT2D eigenvalue weighted by Gasteiger charge is -2.44. The van der Waals surface area contributed by atoms with E-state index in [0.29, 0.717) is 18.4 Å². The predicted molar refractivity (Wildman–Crippen MR) is 146 cm³/mol. The Morgan fingerprint density at radius 3 is 1.98 bits per heavy atom. The van der Waals surface area contributed by atoms with Crippen LogP contribution >= 0.6 is 0 Å². The fourth-order valence-corrected chi connectivity index (χ4v) is 5.89. The van der Waals surface area contributed by atoms with E-state index in [1.54, 1.807) is 40.1 Å². The molecular weight excluding hydrogens is 546 g/mol. The Labute approximate surface area is 234 Å². The van der Waals surface area contributed by atoms with E-state index in [1.807, 2.05) is 0 Å². The number of benzene rings is 1. The molecule has 1 aliphatic heterocycles. The summed E-state index contributed by atoms with van der Waals surface area (Å²) in [5.74, 6) is -3.31. The van der Waals surface area contributed by atoms with Gasteiger partial charge in [-0.05, 0) is 18.4 Å². The maximum Gasteiger partial charge on any atom is 0.317 e. The summed E-state index contributed by atoms with van der Waals surface area (Å²) in [5.41, 5.74) is 0.690. The Morgan fingerprint density at radius 2 is 1.45 bits per heavy atom. The Bertz CT molecular complexity index is 1060. The average molecular weight is 588 g/mol. The molecule has 0 radical (unpaired) electrons. The monoisotopic (exact) mass is 587 g/mol. The van der Waals surface area contributed by atoms with Crippen molar-refractivity contribution >= 4 is 27.9 Å². The Kier molecular flexibility index (Phi) is 13.9. The van der Waals surface area contributed by atoms with Gasteiger partial charge in [0.2, 0.25) is 10.0 Å². The molecule has 2 unspecified atom stereocenters. The van der Waals surface area contributed by atoms with Crippen LogP contribution in [0.2, 0.25) is 0 Å². The number of aliphatic hydroxyl groups excluding tert-OH is 1. The molecule has 0 bridgehead atoms. The van der Waals surface area contributed by atoms with Crippen molar-refractivity contribution < 1.29 is 43.2 Å². The van der Waals surface area contributed by atoms with Gasteiger partial charge in [-0.15, -0.1) is 0 Å². The van der Waals surface area contributed by atoms with Crippen molar-refractivity contribution in [2.45, 2.75) is 31.6 Å². The van der Waals surface area contributed by atoms with Crippen molar-refractivity contribution in [1.82, 2.24) is 24.3 Å². The van der Waals surface area contributed by atoms with Crippen LogP contribution in [0.1, 0.15) is 18.4 Å². The fourth-order valence-electron chi connectivity index (χ4n) is 4.84. The number of hydrogen-bond donors (Lipinski definition) is 5. The van der Waals surface area contributed by atoms with Crippen LogP contribution in [0.5, 0.6) is 0 Å². The minimum Gasteiger partial charge on any atom is -0.480 e. The predicted octanol–water partition coefficient (Wildman–Crippen LogP) is -1.32. The quantitative estimate of drug-likeness (QED) is 0.183. The summed E-state index contributed by atoms with van der Waals surface area (Å²) in [6.45, 7) is -0.175. The number of aliphatic hydroxyl groups is 1. The number of carboxylic acid groups (broad SMARTS) is 3. The summed E-state index contributed by atoms with van der Waals surface area (Å²) < 4.78 is 27.8. The van der Waals surface area contributed by atoms with Crippen molar-refractivity contribution in [3.05, 3.63) is 35.9 Å². The van der Waals surface area contributed by atoms with Crippen LogP contribution < -0.4 is 5.32 Å². The van der Waals surface area contributed by atoms with E-state index in [4.69, 9.17) is 0 Å². The summed E-state index contributed by atoms with van der Waals surface area (Å²) in [7, 11) is -3.91. The lowest BCUT2D eigenvalue weighted by molar-refractivity contribution is -0.141. The number of sulfonamides is 1. The molecule has 1 aromatic carbocycles. The van der Waals surface area contributed by atoms with E-state index < -0.39 is 46.7 Å². The highest BCUT2D eigenvalue weighted by molar-refractivity contribution is 7.88. The first-order valence-corrected chi connectivity index (χ1v) is 14.9. The van der Waals surface area contributed by atoms with Crippen LogP contribution in [-0.2, 0) is 31.0 Å². The van der Waals surface area contributed by atoms with Gasteiger partial charge in [0, 0.05) is 58.5 Å². The van der Waals surface area contributed by atoms with E-state index in [-0.39, 0.29) is 65.5 Å². The standard InChI is InChI=1S/C25H41N5O9S/c1-40(38,39)30(16-20-6-3-2-4-7-20)25-21(8-5-15-31)26-9-10-27(17-22(32)33)11-12-28(18-23(34)35)13-14-29(25)19-24(36)37/h2-4,6-7,21,25-26,31H,5,8-19H2,1H3,(H,32,33)(H,34,35)(H,36,37). The summed E-state index contributed by atoms with van der Waals surface area (Å²) in [6.07, 6.45) is 0.661. The van der Waals surface area contributed by atoms with Gasteiger partial charge in [-0.2, -0.15) is 4.31 Å². The van der Waals surface area contributed by atoms with Gasteiger partial charge in [0.25, 0.3) is 0 Å². The van der Waals surface area contributed by atoms with Crippen molar-refractivity contribution in [3.8, 4) is 0 Å². The highest BCUT2D eigenvalue weighted by Gasteiger charge is 2.38. The minimum absolute atomic E-state index is 0.0291. The number of nitrogens with one attached hydrogen (secondary N) is 1. The molecule has 2 atom stereocenters. The first-order chi connectivity index (χ1) is 18.9. The molecular formula is C25H41N5O9S. The van der Waals surface area contributed by atoms with Crippen LogP contribution in [0.3, 0.4) is 0 Å². The van der Waals surface area contributed by atoms with Gasteiger partial charge < -0.3 is 25.7 Å². The fraction of sp³-hybridized carbons (Fsp3) is 0.640. The van der Waals surface area contributed by atoms with Crippen LogP contribution in [0, 0.1) is 0 Å². The van der Waals surface area contributed by atoms with Crippen LogP contribution in [0.4, 0.5) is 0 Å². The molecule has 0 aliphatic carbocycles. The van der Waals surface area contributed by atoms with Crippen LogP contribution in [0.15, 0.2) is 30.3 Å². The van der Waals surface area contributed by atoms with Crippen molar-refractivity contribution in [1.29, 1.82) is 0 Å². The maximum atomic E-state index is 13.3. The summed E-state index contributed by atoms with van der Waals surface area (Å²) in [6, 6.07) is 8.24. The van der Waals surface area contributed by atoms with Gasteiger partial charge in [-0.25, -0.2) is 8.42 Å². The normalized spacial score (nSPS) is 21.0. The molecule has 2 rings (SSSR count). The van der Waals surface area contributed by atoms with Crippen molar-refractivity contribution in [2.24, 2.45) is 0 Å². The summed E-state index contributed by atoms with van der Waals surface area (Å²) >= 11 is 0. The molecule has 1 aromatic rings. The van der Waals surface area contributed by atoms with E-state index in [2.05, 4.69) is 5.32 Å². The van der Waals surface area contributed by atoms with Crippen LogP contribution in [0.25, 0.3) is 0 Å². The average Bonchev–Trinajstić information content (AvgIpc) is 2.85. The smallest absolute Gasteiger partial charge is 0.317 e. The van der Waals surface area contributed by atoms with E-state index in [0.717, 1.165) is 6.26 Å². The van der Waals surface area contributed by atoms with Gasteiger partial charge in [0.15, 0.2) is 0 Å². The molecule has 226 valence electrons. The zero-order chi connectivity index (χ0) is 29.7. The molecule has 1 fully saturated rings. The number of hydrogen-bond acceptors (Lipinski definition) is 10. The first-order valence-electron chi connectivity index (χ1n) is 13.1. The molecule has 0 aromatic heterocycles. The first kappa shape index (κ1) is 33.5. The van der Waals surface area contributed by atoms with E-state index in [9.17, 15) is 43.2 Å². The van der Waals surface area contributed by atoms with Crippen molar-refractivity contribution in [2.75, 3.05) is 71.8 Å². The molecule has 1 aliphatic rings. The lowest BCUT2D eigenvalue weighted by atomic mass is 10.1. The van der Waals surface area contributed by atoms with Gasteiger partial charge in [0.05, 0.1) is 32.1 Å². The number of carbonyl (C=O) groups is 3. The third-order valence-electron chi connectivity index (χ3n) is 6.64. The molecule has 1 saturated heterocycles. The van der Waals surface area contributed by atoms with Gasteiger partial charge in [0.1, 0.15) is 0 Å². The number of nitrogens with zero attached hydrogens (tertiary/aromatic N) is 4. The Hall–Kier alpha value is -2.66. The molecule has 0 saturated carbocycles. The zero-order valence-electron chi connectivity index (χ0n) is 22.8. The SMILES string of the molecule is CS(=O)(=O)N(Cc1ccccc1)C1C(CCCO)NCCN(CC(=O)O)CCN(CC(=O)O)CCN1CC(=O)O. The second-order valence-electron chi connectivity index (χ2n) is 9.84. The third-order valence-corrected chi connectivity index (χ3v) is 7.83. The molecule has 0 spiro atoms. The number of carboxylic acids is 3. The Balaban J connectivity index is 2.59. The summed E-state index contributed by atoms with van der Waals surface area (Å²) in [5, 5.41) is 41.5. The highest BCUT2D eigenvalue weighted by atomic mass is 32.2. The van der Waals surface area contributed by atoms with Gasteiger partial charge in [-0.3, -0.25) is 29.1 Å². The summed E-state index contributed by atoms with van der Waals surface area (Å²) in [4.78, 5) is 39.8. The third kappa shape index (κ3) is 11.8. The molecule has 14 nitrogen and oxygen atoms in total. The number of aliphatic carboxylic acids is 3. The topological polar surface area (TPSA) is 191 Å². The van der Waals surface area contributed by atoms with E-state index >= 15 is 0 Å². The second-order valence-corrected chi connectivity index (χ2v) is 11.8. The molecule has 0 amide bonds. The molecule has 5 N–H and O–H groups in total. The largest absolute Gasteiger partial charge is 0.480 e. The van der Waals surface area contributed by atoms with E-state index in [1.165, 1.54) is 9.21 Å². The van der Waals surface area contributed by atoms with Crippen LogP contribution in [-0.4, -0.2) is 150 Å².